The minimum Gasteiger partial charge on any atom is -0.373 e. The van der Waals surface area contributed by atoms with Crippen LogP contribution in [0, 0.1) is 25.7 Å². The molecule has 1 aromatic heterocycles. The van der Waals surface area contributed by atoms with Gasteiger partial charge < -0.3 is 10.1 Å². The van der Waals surface area contributed by atoms with Crippen LogP contribution in [0.5, 0.6) is 0 Å². The van der Waals surface area contributed by atoms with E-state index in [-0.39, 0.29) is 6.10 Å². The van der Waals surface area contributed by atoms with Gasteiger partial charge in [-0.05, 0) is 32.2 Å². The SMILES string of the molecule is COC(c1nc(C)c(CNCC(C)C)c(C)n1)C(C)C. The maximum atomic E-state index is 5.52. The molecule has 1 rings (SSSR count). The summed E-state index contributed by atoms with van der Waals surface area (Å²) in [5.74, 6) is 1.81. The van der Waals surface area contributed by atoms with E-state index in [1.54, 1.807) is 7.11 Å². The molecule has 1 unspecified atom stereocenters. The second-order valence-corrected chi connectivity index (χ2v) is 6.16. The van der Waals surface area contributed by atoms with Gasteiger partial charge in [-0.1, -0.05) is 27.7 Å². The number of aryl methyl sites for hydroxylation is 2. The molecule has 0 radical (unpaired) electrons. The maximum absolute atomic E-state index is 5.52. The fourth-order valence-corrected chi connectivity index (χ4v) is 2.31. The second kappa shape index (κ2) is 7.70. The van der Waals surface area contributed by atoms with E-state index in [4.69, 9.17) is 4.74 Å². The predicted molar refractivity (Wildman–Crippen MR) is 82.6 cm³/mol. The van der Waals surface area contributed by atoms with Crippen LogP contribution < -0.4 is 5.32 Å². The molecule has 0 aliphatic heterocycles. The maximum Gasteiger partial charge on any atom is 0.157 e. The van der Waals surface area contributed by atoms with Crippen molar-refractivity contribution in [2.45, 2.75) is 54.2 Å². The fourth-order valence-electron chi connectivity index (χ4n) is 2.31. The van der Waals surface area contributed by atoms with Crippen LogP contribution in [-0.2, 0) is 11.3 Å². The molecule has 0 fully saturated rings. The van der Waals surface area contributed by atoms with Crippen molar-refractivity contribution in [1.29, 1.82) is 0 Å². The van der Waals surface area contributed by atoms with E-state index in [9.17, 15) is 0 Å². The molecule has 1 aromatic rings. The van der Waals surface area contributed by atoms with Gasteiger partial charge in [0.1, 0.15) is 6.10 Å². The first-order valence-corrected chi connectivity index (χ1v) is 7.44. The highest BCUT2D eigenvalue weighted by molar-refractivity contribution is 5.24. The molecule has 0 aromatic carbocycles. The first-order valence-electron chi connectivity index (χ1n) is 7.44. The first-order chi connectivity index (χ1) is 9.36. The van der Waals surface area contributed by atoms with Gasteiger partial charge in [0.05, 0.1) is 0 Å². The van der Waals surface area contributed by atoms with Gasteiger partial charge in [0.15, 0.2) is 5.82 Å². The van der Waals surface area contributed by atoms with Crippen molar-refractivity contribution >= 4 is 0 Å². The van der Waals surface area contributed by atoms with E-state index >= 15 is 0 Å². The molecule has 0 bridgehead atoms. The van der Waals surface area contributed by atoms with Gasteiger partial charge in [-0.3, -0.25) is 0 Å². The summed E-state index contributed by atoms with van der Waals surface area (Å²) >= 11 is 0. The molecular weight excluding hydrogens is 250 g/mol. The average Bonchev–Trinajstić information content (AvgIpc) is 2.32. The third-order valence-electron chi connectivity index (χ3n) is 3.41. The highest BCUT2D eigenvalue weighted by Crippen LogP contribution is 2.23. The van der Waals surface area contributed by atoms with E-state index in [0.29, 0.717) is 11.8 Å². The Labute approximate surface area is 123 Å². The van der Waals surface area contributed by atoms with Gasteiger partial charge in [-0.15, -0.1) is 0 Å². The van der Waals surface area contributed by atoms with Crippen LogP contribution in [0.3, 0.4) is 0 Å². The Morgan fingerprint density at radius 3 is 2.00 bits per heavy atom. The van der Waals surface area contributed by atoms with Crippen LogP contribution in [0.4, 0.5) is 0 Å². The van der Waals surface area contributed by atoms with E-state index in [2.05, 4.69) is 56.8 Å². The predicted octanol–water partition coefficient (Wildman–Crippen LogP) is 3.18. The minimum atomic E-state index is -0.0370. The van der Waals surface area contributed by atoms with Crippen molar-refractivity contribution in [3.8, 4) is 0 Å². The van der Waals surface area contributed by atoms with Crippen LogP contribution in [0.2, 0.25) is 0 Å². The van der Waals surface area contributed by atoms with Crippen molar-refractivity contribution in [2.24, 2.45) is 11.8 Å². The number of nitrogens with one attached hydrogen (secondary N) is 1. The lowest BCUT2D eigenvalue weighted by atomic mass is 10.1. The Hall–Kier alpha value is -1.00. The normalized spacial score (nSPS) is 13.2. The largest absolute Gasteiger partial charge is 0.373 e. The third kappa shape index (κ3) is 4.53. The summed E-state index contributed by atoms with van der Waals surface area (Å²) in [6, 6.07) is 0. The quantitative estimate of drug-likeness (QED) is 0.832. The Morgan fingerprint density at radius 1 is 1.05 bits per heavy atom. The zero-order chi connectivity index (χ0) is 15.3. The highest BCUT2D eigenvalue weighted by Gasteiger charge is 2.20. The average molecular weight is 279 g/mol. The molecule has 4 heteroatoms. The van der Waals surface area contributed by atoms with Crippen LogP contribution in [0.1, 0.15) is 56.6 Å². The molecule has 0 amide bonds. The summed E-state index contributed by atoms with van der Waals surface area (Å²) in [5, 5.41) is 3.46. The van der Waals surface area contributed by atoms with Gasteiger partial charge in [0, 0.05) is 30.6 Å². The number of methoxy groups -OCH3 is 1. The molecule has 4 nitrogen and oxygen atoms in total. The zero-order valence-corrected chi connectivity index (χ0v) is 13.9. The van der Waals surface area contributed by atoms with Crippen molar-refractivity contribution in [3.05, 3.63) is 22.8 Å². The van der Waals surface area contributed by atoms with Gasteiger partial charge in [-0.25, -0.2) is 9.97 Å². The van der Waals surface area contributed by atoms with Gasteiger partial charge >= 0.3 is 0 Å². The number of aromatic nitrogens is 2. The molecule has 0 saturated heterocycles. The van der Waals surface area contributed by atoms with Crippen molar-refractivity contribution in [3.63, 3.8) is 0 Å². The van der Waals surface area contributed by atoms with E-state index in [1.807, 2.05) is 0 Å². The number of nitrogens with zero attached hydrogens (tertiary/aromatic N) is 2. The molecule has 1 N–H and O–H groups in total. The Balaban J connectivity index is 2.91. The summed E-state index contributed by atoms with van der Waals surface area (Å²) in [6.45, 7) is 14.6. The summed E-state index contributed by atoms with van der Waals surface area (Å²) in [5.41, 5.74) is 3.30. The molecule has 114 valence electrons. The minimum absolute atomic E-state index is 0.0370. The summed E-state index contributed by atoms with van der Waals surface area (Å²) in [7, 11) is 1.72. The van der Waals surface area contributed by atoms with E-state index in [0.717, 1.165) is 30.3 Å². The third-order valence-corrected chi connectivity index (χ3v) is 3.41. The molecule has 0 aliphatic carbocycles. The number of rotatable bonds is 7. The first kappa shape index (κ1) is 17.1. The van der Waals surface area contributed by atoms with Crippen LogP contribution in [-0.4, -0.2) is 23.6 Å². The molecule has 20 heavy (non-hydrogen) atoms. The van der Waals surface area contributed by atoms with Crippen molar-refractivity contribution < 1.29 is 4.74 Å². The Bertz CT molecular complexity index is 407. The second-order valence-electron chi connectivity index (χ2n) is 6.16. The zero-order valence-electron chi connectivity index (χ0n) is 13.9. The molecule has 0 saturated carbocycles. The van der Waals surface area contributed by atoms with E-state index in [1.165, 1.54) is 5.56 Å². The molecule has 0 spiro atoms. The fraction of sp³-hybridized carbons (Fsp3) is 0.750. The Morgan fingerprint density at radius 2 is 1.60 bits per heavy atom. The van der Waals surface area contributed by atoms with Crippen LogP contribution in [0.15, 0.2) is 0 Å². The smallest absolute Gasteiger partial charge is 0.157 e. The number of hydrogen-bond donors (Lipinski definition) is 1. The van der Waals surface area contributed by atoms with Gasteiger partial charge in [0.2, 0.25) is 0 Å². The molecule has 1 atom stereocenters. The molecule has 0 aliphatic rings. The summed E-state index contributed by atoms with van der Waals surface area (Å²) in [6.07, 6.45) is -0.0370. The standard InChI is InChI=1S/C16H29N3O/c1-10(2)8-17-9-14-12(5)18-16(19-13(14)6)15(20-7)11(3)4/h10-11,15,17H,8-9H2,1-7H3. The van der Waals surface area contributed by atoms with Crippen molar-refractivity contribution in [2.75, 3.05) is 13.7 Å². The van der Waals surface area contributed by atoms with Crippen LogP contribution in [0.25, 0.3) is 0 Å². The number of hydrogen-bond acceptors (Lipinski definition) is 4. The lowest BCUT2D eigenvalue weighted by molar-refractivity contribution is 0.0571. The highest BCUT2D eigenvalue weighted by atomic mass is 16.5. The lowest BCUT2D eigenvalue weighted by Crippen LogP contribution is -2.22. The van der Waals surface area contributed by atoms with Crippen LogP contribution >= 0.6 is 0 Å². The Kier molecular flexibility index (Phi) is 6.56. The molecular formula is C16H29N3O. The van der Waals surface area contributed by atoms with Gasteiger partial charge in [-0.2, -0.15) is 0 Å². The van der Waals surface area contributed by atoms with Crippen molar-refractivity contribution in [1.82, 2.24) is 15.3 Å². The summed E-state index contributed by atoms with van der Waals surface area (Å²) < 4.78 is 5.52. The number of ether oxygens (including phenoxy) is 1. The monoisotopic (exact) mass is 279 g/mol. The molecule has 1 heterocycles. The van der Waals surface area contributed by atoms with Gasteiger partial charge in [0.25, 0.3) is 0 Å². The van der Waals surface area contributed by atoms with E-state index < -0.39 is 0 Å². The lowest BCUT2D eigenvalue weighted by Gasteiger charge is -2.20. The topological polar surface area (TPSA) is 47.0 Å². The summed E-state index contributed by atoms with van der Waals surface area (Å²) in [4.78, 5) is 9.30.